The Hall–Kier alpha value is -0.330. The monoisotopic (exact) mass is 254 g/mol. The lowest BCUT2D eigenvalue weighted by Crippen LogP contribution is -2.54. The fourth-order valence-electron chi connectivity index (χ4n) is 2.21. The standard InChI is InChI=1S/C11H21F3N2O/c1-10(2)8-16(7-9(6-15)17-10)5-3-4-11(12,13)14/h9H,3-8,15H2,1-2H3. The zero-order valence-electron chi connectivity index (χ0n) is 10.4. The maximum atomic E-state index is 12.0. The quantitative estimate of drug-likeness (QED) is 0.831. The van der Waals surface area contributed by atoms with Crippen molar-refractivity contribution >= 4 is 0 Å². The minimum atomic E-state index is -4.06. The third-order valence-corrected chi connectivity index (χ3v) is 2.75. The molecule has 2 N–H and O–H groups in total. The summed E-state index contributed by atoms with van der Waals surface area (Å²) in [5.74, 6) is 0. The summed E-state index contributed by atoms with van der Waals surface area (Å²) in [4.78, 5) is 2.01. The Labute approximate surface area is 100 Å². The van der Waals surface area contributed by atoms with Gasteiger partial charge in [-0.15, -0.1) is 0 Å². The predicted molar refractivity (Wildman–Crippen MR) is 59.7 cm³/mol. The van der Waals surface area contributed by atoms with Crippen LogP contribution < -0.4 is 5.73 Å². The van der Waals surface area contributed by atoms with Crippen molar-refractivity contribution in [2.45, 2.75) is 44.6 Å². The molecule has 0 aromatic heterocycles. The number of nitrogens with zero attached hydrogens (tertiary/aromatic N) is 1. The smallest absolute Gasteiger partial charge is 0.368 e. The molecule has 1 aliphatic heterocycles. The van der Waals surface area contributed by atoms with Crippen LogP contribution in [0.1, 0.15) is 26.7 Å². The van der Waals surface area contributed by atoms with Gasteiger partial charge in [-0.25, -0.2) is 0 Å². The largest absolute Gasteiger partial charge is 0.389 e. The number of hydrogen-bond donors (Lipinski definition) is 1. The van der Waals surface area contributed by atoms with Crippen molar-refractivity contribution < 1.29 is 17.9 Å². The second-order valence-electron chi connectivity index (χ2n) is 5.19. The first-order valence-corrected chi connectivity index (χ1v) is 5.89. The summed E-state index contributed by atoms with van der Waals surface area (Å²) >= 11 is 0. The van der Waals surface area contributed by atoms with Crippen molar-refractivity contribution in [1.82, 2.24) is 4.90 Å². The first-order chi connectivity index (χ1) is 7.72. The molecule has 1 unspecified atom stereocenters. The van der Waals surface area contributed by atoms with Gasteiger partial charge in [0.25, 0.3) is 0 Å². The molecule has 1 saturated heterocycles. The molecular formula is C11H21F3N2O. The molecule has 0 aromatic carbocycles. The average Bonchev–Trinajstić information content (AvgIpc) is 2.13. The molecule has 1 heterocycles. The van der Waals surface area contributed by atoms with E-state index in [1.165, 1.54) is 0 Å². The van der Waals surface area contributed by atoms with E-state index >= 15 is 0 Å². The highest BCUT2D eigenvalue weighted by Crippen LogP contribution is 2.24. The minimum Gasteiger partial charge on any atom is -0.368 e. The summed E-state index contributed by atoms with van der Waals surface area (Å²) in [6.45, 7) is 6.00. The minimum absolute atomic E-state index is 0.0790. The fraction of sp³-hybridized carbons (Fsp3) is 1.00. The number of ether oxygens (including phenoxy) is 1. The molecule has 0 bridgehead atoms. The number of rotatable bonds is 4. The number of morpholine rings is 1. The summed E-state index contributed by atoms with van der Waals surface area (Å²) in [7, 11) is 0. The van der Waals surface area contributed by atoms with Crippen molar-refractivity contribution in [3.05, 3.63) is 0 Å². The van der Waals surface area contributed by atoms with Crippen LogP contribution in [0.5, 0.6) is 0 Å². The maximum absolute atomic E-state index is 12.0. The first-order valence-electron chi connectivity index (χ1n) is 5.89. The van der Waals surface area contributed by atoms with Crippen molar-refractivity contribution in [3.63, 3.8) is 0 Å². The lowest BCUT2D eigenvalue weighted by Gasteiger charge is -2.42. The summed E-state index contributed by atoms with van der Waals surface area (Å²) < 4.78 is 41.8. The van der Waals surface area contributed by atoms with E-state index in [4.69, 9.17) is 10.5 Å². The third kappa shape index (κ3) is 5.70. The van der Waals surface area contributed by atoms with Gasteiger partial charge in [0.1, 0.15) is 0 Å². The van der Waals surface area contributed by atoms with Crippen molar-refractivity contribution in [1.29, 1.82) is 0 Å². The van der Waals surface area contributed by atoms with Crippen LogP contribution in [0.15, 0.2) is 0 Å². The topological polar surface area (TPSA) is 38.5 Å². The normalized spacial score (nSPS) is 26.1. The first kappa shape index (κ1) is 14.7. The highest BCUT2D eigenvalue weighted by Gasteiger charge is 2.33. The molecule has 17 heavy (non-hydrogen) atoms. The molecule has 0 aromatic rings. The molecule has 1 rings (SSSR count). The van der Waals surface area contributed by atoms with E-state index in [9.17, 15) is 13.2 Å². The SMILES string of the molecule is CC1(C)CN(CCCC(F)(F)F)CC(CN)O1. The summed E-state index contributed by atoms with van der Waals surface area (Å²) in [5, 5.41) is 0. The van der Waals surface area contributed by atoms with Gasteiger partial charge in [-0.3, -0.25) is 4.90 Å². The summed E-state index contributed by atoms with van der Waals surface area (Å²) in [5.41, 5.74) is 5.22. The van der Waals surface area contributed by atoms with Crippen LogP contribution in [0.4, 0.5) is 13.2 Å². The van der Waals surface area contributed by atoms with Crippen molar-refractivity contribution in [2.24, 2.45) is 5.73 Å². The van der Waals surface area contributed by atoms with Gasteiger partial charge in [-0.1, -0.05) is 0 Å². The van der Waals surface area contributed by atoms with E-state index in [0.29, 0.717) is 26.2 Å². The predicted octanol–water partition coefficient (Wildman–Crippen LogP) is 1.77. The molecule has 3 nitrogen and oxygen atoms in total. The van der Waals surface area contributed by atoms with Crippen LogP contribution in [0.2, 0.25) is 0 Å². The molecule has 0 radical (unpaired) electrons. The van der Waals surface area contributed by atoms with Gasteiger partial charge >= 0.3 is 6.18 Å². The highest BCUT2D eigenvalue weighted by atomic mass is 19.4. The second-order valence-corrected chi connectivity index (χ2v) is 5.19. The molecule has 102 valence electrons. The van der Waals surface area contributed by atoms with Gasteiger partial charge in [0.15, 0.2) is 0 Å². The summed E-state index contributed by atoms with van der Waals surface area (Å²) in [6.07, 6.45) is -4.73. The van der Waals surface area contributed by atoms with E-state index in [0.717, 1.165) is 0 Å². The lowest BCUT2D eigenvalue weighted by atomic mass is 10.0. The highest BCUT2D eigenvalue weighted by molar-refractivity contribution is 4.84. The van der Waals surface area contributed by atoms with Crippen LogP contribution in [0.25, 0.3) is 0 Å². The molecule has 1 fully saturated rings. The van der Waals surface area contributed by atoms with Gasteiger partial charge in [0.2, 0.25) is 0 Å². The molecule has 0 spiro atoms. The Bertz CT molecular complexity index is 243. The van der Waals surface area contributed by atoms with E-state index in [1.807, 2.05) is 18.7 Å². The molecule has 0 aliphatic carbocycles. The number of halogens is 3. The van der Waals surface area contributed by atoms with Crippen molar-refractivity contribution in [3.8, 4) is 0 Å². The summed E-state index contributed by atoms with van der Waals surface area (Å²) in [6, 6.07) is 0. The van der Waals surface area contributed by atoms with Crippen LogP contribution in [0, 0.1) is 0 Å². The van der Waals surface area contributed by atoms with Crippen LogP contribution in [-0.2, 0) is 4.74 Å². The van der Waals surface area contributed by atoms with E-state index < -0.39 is 12.6 Å². The van der Waals surface area contributed by atoms with E-state index in [2.05, 4.69) is 0 Å². The Morgan fingerprint density at radius 3 is 2.59 bits per heavy atom. The van der Waals surface area contributed by atoms with Gasteiger partial charge in [-0.05, 0) is 26.8 Å². The lowest BCUT2D eigenvalue weighted by molar-refractivity contribution is -0.144. The van der Waals surface area contributed by atoms with E-state index in [1.54, 1.807) is 0 Å². The van der Waals surface area contributed by atoms with Gasteiger partial charge in [0.05, 0.1) is 11.7 Å². The molecule has 0 amide bonds. The van der Waals surface area contributed by atoms with Gasteiger partial charge in [-0.2, -0.15) is 13.2 Å². The van der Waals surface area contributed by atoms with Gasteiger partial charge < -0.3 is 10.5 Å². The fourth-order valence-corrected chi connectivity index (χ4v) is 2.21. The van der Waals surface area contributed by atoms with Crippen LogP contribution in [-0.4, -0.2) is 49.0 Å². The van der Waals surface area contributed by atoms with E-state index in [-0.39, 0.29) is 18.1 Å². The zero-order chi connectivity index (χ0) is 13.1. The Balaban J connectivity index is 2.37. The van der Waals surface area contributed by atoms with Gasteiger partial charge in [0, 0.05) is 26.1 Å². The average molecular weight is 254 g/mol. The molecule has 6 heteroatoms. The number of nitrogens with two attached hydrogens (primary N) is 1. The third-order valence-electron chi connectivity index (χ3n) is 2.75. The Kier molecular flexibility index (Phi) is 4.80. The molecule has 1 aliphatic rings. The molecular weight excluding hydrogens is 233 g/mol. The maximum Gasteiger partial charge on any atom is 0.389 e. The Morgan fingerprint density at radius 1 is 1.41 bits per heavy atom. The van der Waals surface area contributed by atoms with Crippen LogP contribution >= 0.6 is 0 Å². The molecule has 1 atom stereocenters. The zero-order valence-corrected chi connectivity index (χ0v) is 10.4. The number of hydrogen-bond acceptors (Lipinski definition) is 3. The van der Waals surface area contributed by atoms with Crippen molar-refractivity contribution in [2.75, 3.05) is 26.2 Å². The van der Waals surface area contributed by atoms with Crippen LogP contribution in [0.3, 0.4) is 0 Å². The second kappa shape index (κ2) is 5.54. The Morgan fingerprint density at radius 2 is 2.06 bits per heavy atom. The molecule has 0 saturated carbocycles. The number of alkyl halides is 3.